The van der Waals surface area contributed by atoms with Crippen molar-refractivity contribution in [2.45, 2.75) is 4.90 Å². The van der Waals surface area contributed by atoms with E-state index in [-0.39, 0.29) is 42.7 Å². The van der Waals surface area contributed by atoms with Crippen molar-refractivity contribution in [3.8, 4) is 5.75 Å². The van der Waals surface area contributed by atoms with Crippen LogP contribution in [0.25, 0.3) is 0 Å². The van der Waals surface area contributed by atoms with Crippen LogP contribution in [0.15, 0.2) is 39.9 Å². The lowest BCUT2D eigenvalue weighted by Gasteiger charge is -2.33. The van der Waals surface area contributed by atoms with Crippen LogP contribution in [0.1, 0.15) is 10.4 Å². The summed E-state index contributed by atoms with van der Waals surface area (Å²) in [6.45, 7) is 0.758. The molecule has 1 saturated heterocycles. The molecule has 1 amide bonds. The predicted molar refractivity (Wildman–Crippen MR) is 98.6 cm³/mol. The summed E-state index contributed by atoms with van der Waals surface area (Å²) in [6.07, 6.45) is 0. The van der Waals surface area contributed by atoms with Gasteiger partial charge in [-0.2, -0.15) is 15.6 Å². The van der Waals surface area contributed by atoms with Crippen LogP contribution in [0.5, 0.6) is 5.75 Å². The molecule has 0 aliphatic carbocycles. The summed E-state index contributed by atoms with van der Waals surface area (Å²) < 4.78 is 31.8. The molecule has 1 aromatic carbocycles. The Morgan fingerprint density at radius 1 is 1.22 bits per heavy atom. The Hall–Kier alpha value is -2.50. The molecule has 0 saturated carbocycles. The van der Waals surface area contributed by atoms with Gasteiger partial charge in [0.1, 0.15) is 0 Å². The van der Waals surface area contributed by atoms with Gasteiger partial charge in [-0.3, -0.25) is 14.9 Å². The highest BCUT2D eigenvalue weighted by atomic mass is 32.2. The number of rotatable bonds is 5. The molecule has 0 atom stereocenters. The molecule has 2 heterocycles. The highest BCUT2D eigenvalue weighted by Gasteiger charge is 2.32. The van der Waals surface area contributed by atoms with Crippen molar-refractivity contribution in [2.75, 3.05) is 33.3 Å². The fraction of sp³-hybridized carbons (Fsp3) is 0.312. The van der Waals surface area contributed by atoms with Gasteiger partial charge in [0.25, 0.3) is 5.91 Å². The Balaban J connectivity index is 1.76. The monoisotopic (exact) mass is 411 g/mol. The Morgan fingerprint density at radius 3 is 2.48 bits per heavy atom. The van der Waals surface area contributed by atoms with Gasteiger partial charge in [0.15, 0.2) is 5.75 Å². The van der Waals surface area contributed by atoms with Gasteiger partial charge in [0.05, 0.1) is 22.5 Å². The van der Waals surface area contributed by atoms with Gasteiger partial charge in [-0.15, -0.1) is 0 Å². The number of thiophene rings is 1. The summed E-state index contributed by atoms with van der Waals surface area (Å²) in [5, 5.41) is 14.7. The number of piperazine rings is 1. The molecule has 1 fully saturated rings. The van der Waals surface area contributed by atoms with Crippen LogP contribution in [-0.4, -0.2) is 61.7 Å². The second-order valence-electron chi connectivity index (χ2n) is 5.80. The number of carbonyl (C=O) groups excluding carboxylic acids is 1. The van der Waals surface area contributed by atoms with Crippen molar-refractivity contribution in [1.82, 2.24) is 9.21 Å². The van der Waals surface area contributed by atoms with Gasteiger partial charge in [-0.25, -0.2) is 8.42 Å². The van der Waals surface area contributed by atoms with E-state index in [1.807, 2.05) is 5.38 Å². The maximum absolute atomic E-state index is 12.8. The zero-order valence-corrected chi connectivity index (χ0v) is 16.0. The third-order valence-electron chi connectivity index (χ3n) is 4.28. The summed E-state index contributed by atoms with van der Waals surface area (Å²) in [4.78, 5) is 24.2. The second kappa shape index (κ2) is 7.62. The van der Waals surface area contributed by atoms with Crippen molar-refractivity contribution in [1.29, 1.82) is 0 Å². The second-order valence-corrected chi connectivity index (χ2v) is 8.52. The number of ether oxygens (including phenoxy) is 1. The SMILES string of the molecule is COc1ccc(S(=O)(=O)N2CCN(C(=O)c3ccsc3)CC2)cc1[N+](=O)[O-]. The van der Waals surface area contributed by atoms with E-state index < -0.39 is 20.6 Å². The van der Waals surface area contributed by atoms with Crippen molar-refractivity contribution in [3.05, 3.63) is 50.7 Å². The number of nitro groups is 1. The minimum atomic E-state index is -3.91. The van der Waals surface area contributed by atoms with Gasteiger partial charge in [-0.1, -0.05) is 0 Å². The van der Waals surface area contributed by atoms with Crippen molar-refractivity contribution < 1.29 is 22.9 Å². The van der Waals surface area contributed by atoms with Crippen LogP contribution >= 0.6 is 11.3 Å². The minimum Gasteiger partial charge on any atom is -0.490 e. The quantitative estimate of drug-likeness (QED) is 0.548. The first kappa shape index (κ1) is 19.3. The zero-order valence-electron chi connectivity index (χ0n) is 14.4. The van der Waals surface area contributed by atoms with Gasteiger partial charge in [0, 0.05) is 37.6 Å². The average Bonchev–Trinajstić information content (AvgIpc) is 3.21. The van der Waals surface area contributed by atoms with Crippen LogP contribution in [0.2, 0.25) is 0 Å². The molecule has 27 heavy (non-hydrogen) atoms. The first-order valence-corrected chi connectivity index (χ1v) is 10.4. The number of hydrogen-bond acceptors (Lipinski definition) is 7. The Bertz CT molecular complexity index is 951. The third-order valence-corrected chi connectivity index (χ3v) is 6.86. The largest absolute Gasteiger partial charge is 0.490 e. The standard InChI is InChI=1S/C16H17N3O6S2/c1-25-15-3-2-13(10-14(15)19(21)22)27(23,24)18-7-5-17(6-8-18)16(20)12-4-9-26-11-12/h2-4,9-11H,5-8H2,1H3. The van der Waals surface area contributed by atoms with E-state index in [0.29, 0.717) is 5.56 Å². The fourth-order valence-electron chi connectivity index (χ4n) is 2.82. The predicted octanol–water partition coefficient (Wildman–Crippen LogP) is 1.81. The summed E-state index contributed by atoms with van der Waals surface area (Å²) in [7, 11) is -2.63. The lowest BCUT2D eigenvalue weighted by molar-refractivity contribution is -0.386. The maximum atomic E-state index is 12.8. The molecule has 0 spiro atoms. The number of nitrogens with zero attached hydrogens (tertiary/aromatic N) is 3. The molecule has 0 bridgehead atoms. The lowest BCUT2D eigenvalue weighted by Crippen LogP contribution is -2.50. The molecule has 0 N–H and O–H groups in total. The molecule has 144 valence electrons. The molecule has 3 rings (SSSR count). The molecule has 2 aromatic rings. The first-order valence-electron chi connectivity index (χ1n) is 7.98. The molecular weight excluding hydrogens is 394 g/mol. The summed E-state index contributed by atoms with van der Waals surface area (Å²) in [6, 6.07) is 5.27. The van der Waals surface area contributed by atoms with Crippen LogP contribution in [0.4, 0.5) is 5.69 Å². The Kier molecular flexibility index (Phi) is 5.44. The molecule has 1 aliphatic rings. The van der Waals surface area contributed by atoms with E-state index >= 15 is 0 Å². The molecule has 11 heteroatoms. The van der Waals surface area contributed by atoms with Crippen molar-refractivity contribution in [3.63, 3.8) is 0 Å². The number of carbonyl (C=O) groups is 1. The van der Waals surface area contributed by atoms with Crippen LogP contribution in [-0.2, 0) is 10.0 Å². The first-order chi connectivity index (χ1) is 12.8. The maximum Gasteiger partial charge on any atom is 0.312 e. The number of hydrogen-bond donors (Lipinski definition) is 0. The third kappa shape index (κ3) is 3.80. The molecule has 1 aliphatic heterocycles. The minimum absolute atomic E-state index is 0.00914. The van der Waals surface area contributed by atoms with E-state index in [1.54, 1.807) is 16.3 Å². The number of methoxy groups -OCH3 is 1. The fourth-order valence-corrected chi connectivity index (χ4v) is 4.89. The van der Waals surface area contributed by atoms with Crippen molar-refractivity contribution >= 4 is 33.0 Å². The number of amides is 1. The summed E-state index contributed by atoms with van der Waals surface area (Å²) in [5.41, 5.74) is 0.173. The summed E-state index contributed by atoms with van der Waals surface area (Å²) in [5.74, 6) is -0.140. The van der Waals surface area contributed by atoms with E-state index in [4.69, 9.17) is 4.74 Å². The van der Waals surface area contributed by atoms with Gasteiger partial charge in [0.2, 0.25) is 10.0 Å². The molecular formula is C16H17N3O6S2. The van der Waals surface area contributed by atoms with Crippen molar-refractivity contribution in [2.24, 2.45) is 0 Å². The highest BCUT2D eigenvalue weighted by Crippen LogP contribution is 2.30. The van der Waals surface area contributed by atoms with Crippen LogP contribution < -0.4 is 4.74 Å². The number of sulfonamides is 1. The van der Waals surface area contributed by atoms with E-state index in [1.165, 1.54) is 34.9 Å². The topological polar surface area (TPSA) is 110 Å². The van der Waals surface area contributed by atoms with Gasteiger partial charge >= 0.3 is 5.69 Å². The van der Waals surface area contributed by atoms with Crippen LogP contribution in [0.3, 0.4) is 0 Å². The van der Waals surface area contributed by atoms with Gasteiger partial charge < -0.3 is 9.64 Å². The summed E-state index contributed by atoms with van der Waals surface area (Å²) >= 11 is 1.42. The zero-order chi connectivity index (χ0) is 19.6. The molecule has 0 radical (unpaired) electrons. The number of benzene rings is 1. The van der Waals surface area contributed by atoms with E-state index in [2.05, 4.69) is 0 Å². The molecule has 1 aromatic heterocycles. The highest BCUT2D eigenvalue weighted by molar-refractivity contribution is 7.89. The molecule has 0 unspecified atom stereocenters. The lowest BCUT2D eigenvalue weighted by atomic mass is 10.2. The number of nitro benzene ring substituents is 1. The Labute approximate surface area is 160 Å². The molecule has 9 nitrogen and oxygen atoms in total. The smallest absolute Gasteiger partial charge is 0.312 e. The average molecular weight is 411 g/mol. The normalized spacial score (nSPS) is 15.5. The van der Waals surface area contributed by atoms with Gasteiger partial charge in [-0.05, 0) is 23.6 Å². The van der Waals surface area contributed by atoms with E-state index in [0.717, 1.165) is 6.07 Å². The Morgan fingerprint density at radius 2 is 1.93 bits per heavy atom. The van der Waals surface area contributed by atoms with Crippen LogP contribution in [0, 0.1) is 10.1 Å². The van der Waals surface area contributed by atoms with E-state index in [9.17, 15) is 23.3 Å².